The van der Waals surface area contributed by atoms with Gasteiger partial charge in [0.15, 0.2) is 0 Å². The predicted octanol–water partition coefficient (Wildman–Crippen LogP) is 2.50. The van der Waals surface area contributed by atoms with Crippen molar-refractivity contribution >= 4 is 0 Å². The topological polar surface area (TPSA) is 39.1 Å². The van der Waals surface area contributed by atoms with E-state index >= 15 is 0 Å². The van der Waals surface area contributed by atoms with Gasteiger partial charge in [0.1, 0.15) is 0 Å². The molecule has 18 heavy (non-hydrogen) atoms. The maximum Gasteiger partial charge on any atom is 0.0669 e. The van der Waals surface area contributed by atoms with Crippen molar-refractivity contribution < 1.29 is 4.74 Å². The molecule has 0 saturated heterocycles. The Hall–Kier alpha value is -0.870. The minimum Gasteiger partial charge on any atom is -0.374 e. The second-order valence-corrected chi connectivity index (χ2v) is 5.97. The molecule has 0 amide bonds. The molecule has 4 heteroatoms. The van der Waals surface area contributed by atoms with Crippen molar-refractivity contribution in [2.24, 2.45) is 0 Å². The largest absolute Gasteiger partial charge is 0.374 e. The van der Waals surface area contributed by atoms with Crippen molar-refractivity contribution in [1.82, 2.24) is 15.1 Å². The second kappa shape index (κ2) is 6.34. The standard InChI is InChI=1S/C14H27N3O/c1-11(2)15-9-13-10-16-17(12(13)3)7-8-18-14(4,5)6/h10-11,15H,7-9H2,1-6H3. The third-order valence-electron chi connectivity index (χ3n) is 2.74. The number of ether oxygens (including phenoxy) is 1. The van der Waals surface area contributed by atoms with Gasteiger partial charge in [-0.15, -0.1) is 0 Å². The molecule has 0 aliphatic carbocycles. The average Bonchev–Trinajstić information content (AvgIpc) is 2.56. The molecule has 0 radical (unpaired) electrons. The molecule has 0 aliphatic heterocycles. The highest BCUT2D eigenvalue weighted by atomic mass is 16.5. The quantitative estimate of drug-likeness (QED) is 0.846. The van der Waals surface area contributed by atoms with Crippen LogP contribution in [-0.4, -0.2) is 28.0 Å². The number of hydrogen-bond acceptors (Lipinski definition) is 3. The maximum absolute atomic E-state index is 5.72. The molecule has 0 aromatic carbocycles. The summed E-state index contributed by atoms with van der Waals surface area (Å²) in [5, 5.41) is 7.82. The molecule has 4 nitrogen and oxygen atoms in total. The first-order valence-electron chi connectivity index (χ1n) is 6.68. The van der Waals surface area contributed by atoms with Gasteiger partial charge in [0.25, 0.3) is 0 Å². The Morgan fingerprint density at radius 1 is 1.39 bits per heavy atom. The third kappa shape index (κ3) is 5.19. The number of nitrogens with zero attached hydrogens (tertiary/aromatic N) is 2. The fraction of sp³-hybridized carbons (Fsp3) is 0.786. The van der Waals surface area contributed by atoms with Gasteiger partial charge < -0.3 is 10.1 Å². The Bertz CT molecular complexity index is 364. The summed E-state index contributed by atoms with van der Waals surface area (Å²) in [5.41, 5.74) is 2.41. The molecule has 1 rings (SSSR count). The van der Waals surface area contributed by atoms with Gasteiger partial charge in [-0.25, -0.2) is 0 Å². The summed E-state index contributed by atoms with van der Waals surface area (Å²) in [7, 11) is 0. The lowest BCUT2D eigenvalue weighted by atomic mass is 10.2. The van der Waals surface area contributed by atoms with Gasteiger partial charge in [-0.2, -0.15) is 5.10 Å². The summed E-state index contributed by atoms with van der Waals surface area (Å²) in [6, 6.07) is 0.497. The Kier molecular flexibility index (Phi) is 5.35. The van der Waals surface area contributed by atoms with E-state index in [9.17, 15) is 0 Å². The van der Waals surface area contributed by atoms with Crippen LogP contribution in [0.4, 0.5) is 0 Å². The Labute approximate surface area is 111 Å². The molecule has 1 heterocycles. The molecule has 104 valence electrons. The normalized spacial score (nSPS) is 12.4. The van der Waals surface area contributed by atoms with E-state index in [2.05, 4.69) is 52.0 Å². The van der Waals surface area contributed by atoms with Crippen LogP contribution in [0, 0.1) is 6.92 Å². The van der Waals surface area contributed by atoms with E-state index in [1.165, 1.54) is 11.3 Å². The molecule has 0 fully saturated rings. The van der Waals surface area contributed by atoms with E-state index < -0.39 is 0 Å². The van der Waals surface area contributed by atoms with Gasteiger partial charge >= 0.3 is 0 Å². The van der Waals surface area contributed by atoms with Crippen LogP contribution in [0.15, 0.2) is 6.20 Å². The van der Waals surface area contributed by atoms with Crippen LogP contribution < -0.4 is 5.32 Å². The summed E-state index contributed by atoms with van der Waals surface area (Å²) in [4.78, 5) is 0. The number of hydrogen-bond donors (Lipinski definition) is 1. The molecular weight excluding hydrogens is 226 g/mol. The van der Waals surface area contributed by atoms with Crippen LogP contribution in [-0.2, 0) is 17.8 Å². The molecule has 0 bridgehead atoms. The van der Waals surface area contributed by atoms with Gasteiger partial charge in [-0.3, -0.25) is 4.68 Å². The summed E-state index contributed by atoms with van der Waals surface area (Å²) in [6.07, 6.45) is 1.95. The lowest BCUT2D eigenvalue weighted by Gasteiger charge is -2.19. The highest BCUT2D eigenvalue weighted by Gasteiger charge is 2.11. The predicted molar refractivity (Wildman–Crippen MR) is 74.6 cm³/mol. The lowest BCUT2D eigenvalue weighted by Crippen LogP contribution is -2.23. The molecule has 0 atom stereocenters. The summed E-state index contributed by atoms with van der Waals surface area (Å²) in [6.45, 7) is 15.0. The third-order valence-corrected chi connectivity index (χ3v) is 2.74. The zero-order valence-electron chi connectivity index (χ0n) is 12.6. The van der Waals surface area contributed by atoms with Crippen LogP contribution >= 0.6 is 0 Å². The minimum atomic E-state index is -0.0803. The molecular formula is C14H27N3O. The van der Waals surface area contributed by atoms with Crippen molar-refractivity contribution in [2.45, 2.75) is 66.3 Å². The fourth-order valence-corrected chi connectivity index (χ4v) is 1.64. The van der Waals surface area contributed by atoms with Gasteiger partial charge in [-0.05, 0) is 27.7 Å². The Balaban J connectivity index is 2.48. The molecule has 0 spiro atoms. The van der Waals surface area contributed by atoms with Gasteiger partial charge in [0, 0.05) is 23.8 Å². The van der Waals surface area contributed by atoms with Crippen LogP contribution in [0.5, 0.6) is 0 Å². The summed E-state index contributed by atoms with van der Waals surface area (Å²) < 4.78 is 7.74. The van der Waals surface area contributed by atoms with E-state index in [4.69, 9.17) is 4.74 Å². The van der Waals surface area contributed by atoms with Crippen molar-refractivity contribution in [1.29, 1.82) is 0 Å². The first kappa shape index (κ1) is 15.2. The average molecular weight is 253 g/mol. The van der Waals surface area contributed by atoms with Crippen molar-refractivity contribution in [3.8, 4) is 0 Å². The van der Waals surface area contributed by atoms with Crippen LogP contribution in [0.1, 0.15) is 45.9 Å². The smallest absolute Gasteiger partial charge is 0.0669 e. The molecule has 1 aromatic heterocycles. The SMILES string of the molecule is Cc1c(CNC(C)C)cnn1CCOC(C)(C)C. The van der Waals surface area contributed by atoms with E-state index in [1.807, 2.05) is 10.9 Å². The summed E-state index contributed by atoms with van der Waals surface area (Å²) >= 11 is 0. The van der Waals surface area contributed by atoms with E-state index in [0.29, 0.717) is 12.6 Å². The van der Waals surface area contributed by atoms with Crippen molar-refractivity contribution in [3.05, 3.63) is 17.5 Å². The van der Waals surface area contributed by atoms with Crippen molar-refractivity contribution in [3.63, 3.8) is 0 Å². The number of aromatic nitrogens is 2. The number of rotatable bonds is 6. The fourth-order valence-electron chi connectivity index (χ4n) is 1.64. The van der Waals surface area contributed by atoms with Crippen LogP contribution in [0.2, 0.25) is 0 Å². The zero-order chi connectivity index (χ0) is 13.8. The Morgan fingerprint density at radius 2 is 2.06 bits per heavy atom. The van der Waals surface area contributed by atoms with E-state index in [-0.39, 0.29) is 5.60 Å². The zero-order valence-corrected chi connectivity index (χ0v) is 12.6. The maximum atomic E-state index is 5.72. The first-order valence-corrected chi connectivity index (χ1v) is 6.68. The Morgan fingerprint density at radius 3 is 2.61 bits per heavy atom. The summed E-state index contributed by atoms with van der Waals surface area (Å²) in [5.74, 6) is 0. The highest BCUT2D eigenvalue weighted by Crippen LogP contribution is 2.09. The minimum absolute atomic E-state index is 0.0803. The highest BCUT2D eigenvalue weighted by molar-refractivity contribution is 5.15. The molecule has 1 aromatic rings. The van der Waals surface area contributed by atoms with E-state index in [1.54, 1.807) is 0 Å². The molecule has 0 saturated carbocycles. The van der Waals surface area contributed by atoms with Gasteiger partial charge in [-0.1, -0.05) is 13.8 Å². The first-order chi connectivity index (χ1) is 8.29. The second-order valence-electron chi connectivity index (χ2n) is 5.97. The monoisotopic (exact) mass is 253 g/mol. The van der Waals surface area contributed by atoms with Gasteiger partial charge in [0.2, 0.25) is 0 Å². The van der Waals surface area contributed by atoms with Gasteiger partial charge in [0.05, 0.1) is 24.9 Å². The van der Waals surface area contributed by atoms with E-state index in [0.717, 1.165) is 13.1 Å². The molecule has 0 aliphatic rings. The van der Waals surface area contributed by atoms with Crippen LogP contribution in [0.3, 0.4) is 0 Å². The van der Waals surface area contributed by atoms with Crippen LogP contribution in [0.25, 0.3) is 0 Å². The lowest BCUT2D eigenvalue weighted by molar-refractivity contribution is -0.00809. The number of nitrogens with one attached hydrogen (secondary N) is 1. The molecule has 0 unspecified atom stereocenters. The van der Waals surface area contributed by atoms with Crippen molar-refractivity contribution in [2.75, 3.05) is 6.61 Å². The molecule has 1 N–H and O–H groups in total.